The molecule has 11 heteroatoms. The van der Waals surface area contributed by atoms with Crippen LogP contribution >= 0.6 is 0 Å². The molecule has 1 amide bonds. The second-order valence-electron chi connectivity index (χ2n) is 8.86. The van der Waals surface area contributed by atoms with Gasteiger partial charge in [0.15, 0.2) is 9.84 Å². The minimum absolute atomic E-state index is 0.0442. The zero-order valence-corrected chi connectivity index (χ0v) is 21.0. The third-order valence-electron chi connectivity index (χ3n) is 6.47. The van der Waals surface area contributed by atoms with Crippen molar-refractivity contribution < 1.29 is 27.5 Å². The summed E-state index contributed by atoms with van der Waals surface area (Å²) >= 11 is 0. The first-order valence-corrected chi connectivity index (χ1v) is 13.5. The summed E-state index contributed by atoms with van der Waals surface area (Å²) in [5, 5.41) is 3.55. The van der Waals surface area contributed by atoms with Crippen LogP contribution in [0.4, 0.5) is 0 Å². The molecular formula is C24H32N4O6S. The highest BCUT2D eigenvalue weighted by atomic mass is 32.2. The number of likely N-dealkylation sites (tertiary alicyclic amines) is 1. The van der Waals surface area contributed by atoms with Gasteiger partial charge in [-0.1, -0.05) is 18.2 Å². The first-order valence-electron chi connectivity index (χ1n) is 11.8. The van der Waals surface area contributed by atoms with Gasteiger partial charge in [-0.2, -0.15) is 0 Å². The number of esters is 1. The van der Waals surface area contributed by atoms with Gasteiger partial charge in [0, 0.05) is 69.6 Å². The van der Waals surface area contributed by atoms with Crippen LogP contribution in [0.2, 0.25) is 0 Å². The molecule has 1 aromatic rings. The maximum atomic E-state index is 13.4. The molecule has 3 aliphatic heterocycles. The van der Waals surface area contributed by atoms with Gasteiger partial charge in [0.1, 0.15) is 12.3 Å². The molecule has 0 aromatic heterocycles. The number of sulfone groups is 1. The summed E-state index contributed by atoms with van der Waals surface area (Å²) in [6, 6.07) is 6.93. The number of hydrogen-bond acceptors (Lipinski definition) is 9. The Hall–Kier alpha value is -2.76. The highest BCUT2D eigenvalue weighted by Gasteiger charge is 2.37. The minimum Gasteiger partial charge on any atom is -0.465 e. The smallest absolute Gasteiger partial charge is 0.302 e. The van der Waals surface area contributed by atoms with Crippen molar-refractivity contribution in [3.05, 3.63) is 35.4 Å². The van der Waals surface area contributed by atoms with Gasteiger partial charge in [-0.15, -0.1) is 0 Å². The van der Waals surface area contributed by atoms with E-state index in [0.29, 0.717) is 62.8 Å². The fraction of sp³-hybridized carbons (Fsp3) is 0.542. The number of carbonyl (C=O) groups is 2. The van der Waals surface area contributed by atoms with Crippen LogP contribution in [-0.4, -0.2) is 107 Å². The highest BCUT2D eigenvalue weighted by molar-refractivity contribution is 7.91. The SMILES string of the molecule is CN=C(C(=O)N1CCOCC1)C1=C(NC2CCN(CCOC(C)=O)C2)c2ccccc2S(=O)(=O)C1. The second kappa shape index (κ2) is 10.9. The Bertz CT molecular complexity index is 1140. The molecule has 0 saturated carbocycles. The second-order valence-corrected chi connectivity index (χ2v) is 10.8. The number of carbonyl (C=O) groups excluding carboxylic acids is 2. The Morgan fingerprint density at radius 2 is 1.94 bits per heavy atom. The highest BCUT2D eigenvalue weighted by Crippen LogP contribution is 2.34. The van der Waals surface area contributed by atoms with E-state index in [1.807, 2.05) is 0 Å². The van der Waals surface area contributed by atoms with Crippen molar-refractivity contribution in [2.45, 2.75) is 24.3 Å². The molecule has 3 aliphatic rings. The third-order valence-corrected chi connectivity index (χ3v) is 8.17. The van der Waals surface area contributed by atoms with E-state index in [1.54, 1.807) is 29.2 Å². The Balaban J connectivity index is 1.64. The monoisotopic (exact) mass is 504 g/mol. The standard InChI is InChI=1S/C24H32N4O6S/c1-17(29)34-14-9-27-8-7-18(15-27)26-22-19-5-3-4-6-21(19)35(31,32)16-20(22)23(25-2)24(30)28-10-12-33-13-11-28/h3-6,18,26H,7-16H2,1-2H3. The predicted octanol–water partition coefficient (Wildman–Crippen LogP) is 0.342. The van der Waals surface area contributed by atoms with Gasteiger partial charge in [-0.05, 0) is 12.5 Å². The lowest BCUT2D eigenvalue weighted by molar-refractivity contribution is -0.141. The number of fused-ring (bicyclic) bond motifs is 1. The predicted molar refractivity (Wildman–Crippen MR) is 131 cm³/mol. The summed E-state index contributed by atoms with van der Waals surface area (Å²) < 4.78 is 36.8. The van der Waals surface area contributed by atoms with Crippen LogP contribution in [0.25, 0.3) is 5.70 Å². The van der Waals surface area contributed by atoms with Crippen molar-refractivity contribution in [3.8, 4) is 0 Å². The van der Waals surface area contributed by atoms with Crippen molar-refractivity contribution in [2.75, 3.05) is 65.3 Å². The summed E-state index contributed by atoms with van der Waals surface area (Å²) in [7, 11) is -2.12. The molecular weight excluding hydrogens is 472 g/mol. The largest absolute Gasteiger partial charge is 0.465 e. The Labute approximate surface area is 205 Å². The zero-order chi connectivity index (χ0) is 25.0. The van der Waals surface area contributed by atoms with E-state index in [9.17, 15) is 18.0 Å². The molecule has 1 aromatic carbocycles. The molecule has 0 radical (unpaired) electrons. The number of hydrogen-bond donors (Lipinski definition) is 1. The normalized spacial score (nSPS) is 22.6. The summed E-state index contributed by atoms with van der Waals surface area (Å²) in [4.78, 5) is 32.8. The van der Waals surface area contributed by atoms with E-state index in [2.05, 4.69) is 15.2 Å². The molecule has 4 rings (SSSR count). The van der Waals surface area contributed by atoms with Gasteiger partial charge in [-0.3, -0.25) is 19.5 Å². The molecule has 1 unspecified atom stereocenters. The van der Waals surface area contributed by atoms with E-state index < -0.39 is 9.84 Å². The molecule has 3 heterocycles. The minimum atomic E-state index is -3.64. The number of ether oxygens (including phenoxy) is 2. The number of morpholine rings is 1. The quantitative estimate of drug-likeness (QED) is 0.417. The van der Waals surface area contributed by atoms with E-state index in [-0.39, 0.29) is 34.3 Å². The number of nitrogens with zero attached hydrogens (tertiary/aromatic N) is 3. The number of rotatable bonds is 7. The molecule has 190 valence electrons. The van der Waals surface area contributed by atoms with Crippen LogP contribution < -0.4 is 5.32 Å². The molecule has 1 N–H and O–H groups in total. The van der Waals surface area contributed by atoms with Crippen molar-refractivity contribution in [3.63, 3.8) is 0 Å². The van der Waals surface area contributed by atoms with Crippen molar-refractivity contribution in [2.24, 2.45) is 4.99 Å². The summed E-state index contributed by atoms with van der Waals surface area (Å²) in [6.45, 7) is 5.66. The number of nitrogens with one attached hydrogen (secondary N) is 1. The lowest BCUT2D eigenvalue weighted by Gasteiger charge is -2.31. The number of amides is 1. The van der Waals surface area contributed by atoms with Crippen LogP contribution in [0.1, 0.15) is 18.9 Å². The average molecular weight is 505 g/mol. The van der Waals surface area contributed by atoms with Crippen molar-refractivity contribution in [1.82, 2.24) is 15.1 Å². The first-order chi connectivity index (χ1) is 16.8. The maximum Gasteiger partial charge on any atom is 0.302 e. The van der Waals surface area contributed by atoms with Crippen molar-refractivity contribution >= 4 is 33.1 Å². The van der Waals surface area contributed by atoms with Gasteiger partial charge in [0.05, 0.1) is 23.9 Å². The van der Waals surface area contributed by atoms with Crippen LogP contribution in [0.5, 0.6) is 0 Å². The van der Waals surface area contributed by atoms with Gasteiger partial charge >= 0.3 is 5.97 Å². The summed E-state index contributed by atoms with van der Waals surface area (Å²) in [5.74, 6) is -0.878. The van der Waals surface area contributed by atoms with Crippen LogP contribution in [0, 0.1) is 0 Å². The van der Waals surface area contributed by atoms with Crippen molar-refractivity contribution in [1.29, 1.82) is 0 Å². The van der Waals surface area contributed by atoms with E-state index in [4.69, 9.17) is 9.47 Å². The molecule has 10 nitrogen and oxygen atoms in total. The fourth-order valence-electron chi connectivity index (χ4n) is 4.75. The van der Waals surface area contributed by atoms with E-state index in [1.165, 1.54) is 14.0 Å². The summed E-state index contributed by atoms with van der Waals surface area (Å²) in [6.07, 6.45) is 0.835. The molecule has 2 saturated heterocycles. The summed E-state index contributed by atoms with van der Waals surface area (Å²) in [5.41, 5.74) is 1.77. The van der Waals surface area contributed by atoms with Gasteiger partial charge in [0.2, 0.25) is 0 Å². The molecule has 2 fully saturated rings. The van der Waals surface area contributed by atoms with Gasteiger partial charge in [0.25, 0.3) is 5.91 Å². The topological polar surface area (TPSA) is 118 Å². The average Bonchev–Trinajstić information content (AvgIpc) is 3.29. The van der Waals surface area contributed by atoms with Crippen LogP contribution in [0.15, 0.2) is 39.7 Å². The number of benzene rings is 1. The van der Waals surface area contributed by atoms with Crippen LogP contribution in [0.3, 0.4) is 0 Å². The molecule has 0 spiro atoms. The zero-order valence-electron chi connectivity index (χ0n) is 20.2. The first kappa shape index (κ1) is 25.3. The maximum absolute atomic E-state index is 13.4. The Kier molecular flexibility index (Phi) is 7.88. The molecule has 0 aliphatic carbocycles. The molecule has 1 atom stereocenters. The number of aliphatic imine (C=N–C) groups is 1. The van der Waals surface area contributed by atoms with Crippen LogP contribution in [-0.2, 0) is 28.9 Å². The van der Waals surface area contributed by atoms with E-state index in [0.717, 1.165) is 13.0 Å². The Morgan fingerprint density at radius 1 is 1.20 bits per heavy atom. The van der Waals surface area contributed by atoms with Gasteiger partial charge in [-0.25, -0.2) is 8.42 Å². The Morgan fingerprint density at radius 3 is 2.66 bits per heavy atom. The lowest BCUT2D eigenvalue weighted by Crippen LogP contribution is -2.46. The third kappa shape index (κ3) is 5.74. The molecule has 35 heavy (non-hydrogen) atoms. The lowest BCUT2D eigenvalue weighted by atomic mass is 10.0. The van der Waals surface area contributed by atoms with E-state index >= 15 is 0 Å². The fourth-order valence-corrected chi connectivity index (χ4v) is 6.36. The molecule has 0 bridgehead atoms. The van der Waals surface area contributed by atoms with Gasteiger partial charge < -0.3 is 19.7 Å².